The van der Waals surface area contributed by atoms with Crippen molar-refractivity contribution < 1.29 is 28.6 Å². The first-order chi connectivity index (χ1) is 20.7. The first-order valence-electron chi connectivity index (χ1n) is 14.8. The molecule has 0 bridgehead atoms. The van der Waals surface area contributed by atoms with E-state index >= 15 is 0 Å². The minimum absolute atomic E-state index is 0.00525. The molecule has 0 saturated heterocycles. The van der Waals surface area contributed by atoms with Gasteiger partial charge in [0.1, 0.15) is 19.3 Å². The maximum Gasteiger partial charge on any atom is 0.328 e. The van der Waals surface area contributed by atoms with Crippen molar-refractivity contribution in [2.45, 2.75) is 58.9 Å². The van der Waals surface area contributed by atoms with E-state index in [1.54, 1.807) is 12.1 Å². The van der Waals surface area contributed by atoms with Crippen LogP contribution < -0.4 is 25.4 Å². The molecule has 2 aliphatic rings. The molecule has 43 heavy (non-hydrogen) atoms. The Morgan fingerprint density at radius 1 is 0.814 bits per heavy atom. The summed E-state index contributed by atoms with van der Waals surface area (Å²) in [6.07, 6.45) is 4.80. The SMILES string of the molecule is COC(=O)[C@@H](NC(=O)c1ccc(-c2ccc3c(c2)OCCO3)cc1NC(=O)Nc1c(C)cc(C)cc1C)C1CCCCC1. The first kappa shape index (κ1) is 29.9. The van der Waals surface area contributed by atoms with Gasteiger partial charge >= 0.3 is 12.0 Å². The Hall–Kier alpha value is -4.53. The van der Waals surface area contributed by atoms with Gasteiger partial charge < -0.3 is 30.2 Å². The number of benzene rings is 3. The zero-order chi connectivity index (χ0) is 30.5. The predicted octanol–water partition coefficient (Wildman–Crippen LogP) is 6.55. The zero-order valence-corrected chi connectivity index (χ0v) is 25.2. The Morgan fingerprint density at radius 2 is 1.47 bits per heavy atom. The fraction of sp³-hybridized carbons (Fsp3) is 0.382. The van der Waals surface area contributed by atoms with Crippen LogP contribution in [0.1, 0.15) is 59.2 Å². The van der Waals surface area contributed by atoms with Crippen molar-refractivity contribution in [3.63, 3.8) is 0 Å². The van der Waals surface area contributed by atoms with Crippen LogP contribution in [-0.2, 0) is 9.53 Å². The topological polar surface area (TPSA) is 115 Å². The number of aryl methyl sites for hydroxylation is 3. The molecular weight excluding hydrogens is 546 g/mol. The third-order valence-corrected chi connectivity index (χ3v) is 8.17. The van der Waals surface area contributed by atoms with Crippen LogP contribution in [-0.4, -0.2) is 44.3 Å². The molecule has 0 spiro atoms. The van der Waals surface area contributed by atoms with Gasteiger partial charge in [-0.1, -0.05) is 49.1 Å². The summed E-state index contributed by atoms with van der Waals surface area (Å²) in [5, 5.41) is 8.76. The van der Waals surface area contributed by atoms with Gasteiger partial charge in [-0.15, -0.1) is 0 Å². The van der Waals surface area contributed by atoms with Crippen LogP contribution in [0.4, 0.5) is 16.2 Å². The second-order valence-corrected chi connectivity index (χ2v) is 11.3. The van der Waals surface area contributed by atoms with Crippen LogP contribution in [0.3, 0.4) is 0 Å². The number of carbonyl (C=O) groups is 3. The molecule has 1 atom stereocenters. The van der Waals surface area contributed by atoms with Crippen molar-refractivity contribution in [2.24, 2.45) is 5.92 Å². The molecule has 3 aromatic rings. The number of carbonyl (C=O) groups excluding carboxylic acids is 3. The normalized spacial score (nSPS) is 15.3. The van der Waals surface area contributed by atoms with Crippen LogP contribution in [0.25, 0.3) is 11.1 Å². The predicted molar refractivity (Wildman–Crippen MR) is 166 cm³/mol. The second-order valence-electron chi connectivity index (χ2n) is 11.3. The summed E-state index contributed by atoms with van der Waals surface area (Å²) in [5.74, 6) is 0.369. The minimum Gasteiger partial charge on any atom is -0.486 e. The molecular formula is C34H39N3O6. The summed E-state index contributed by atoms with van der Waals surface area (Å²) in [4.78, 5) is 39.8. The number of esters is 1. The average Bonchev–Trinajstić information content (AvgIpc) is 3.01. The van der Waals surface area contributed by atoms with Crippen LogP contribution >= 0.6 is 0 Å². The summed E-state index contributed by atoms with van der Waals surface area (Å²) >= 11 is 0. The number of urea groups is 1. The van der Waals surface area contributed by atoms with E-state index in [1.165, 1.54) is 7.11 Å². The van der Waals surface area contributed by atoms with Gasteiger partial charge in [-0.05, 0) is 86.1 Å². The highest BCUT2D eigenvalue weighted by Gasteiger charge is 2.32. The lowest BCUT2D eigenvalue weighted by molar-refractivity contribution is -0.144. The van der Waals surface area contributed by atoms with Crippen molar-refractivity contribution in [1.82, 2.24) is 5.32 Å². The number of hydrogen-bond acceptors (Lipinski definition) is 6. The number of ether oxygens (including phenoxy) is 3. The molecule has 3 amide bonds. The smallest absolute Gasteiger partial charge is 0.328 e. The largest absolute Gasteiger partial charge is 0.486 e. The highest BCUT2D eigenvalue weighted by molar-refractivity contribution is 6.08. The average molecular weight is 586 g/mol. The Labute approximate surface area is 252 Å². The fourth-order valence-electron chi connectivity index (χ4n) is 6.08. The van der Waals surface area contributed by atoms with Crippen molar-refractivity contribution in [2.75, 3.05) is 31.0 Å². The molecule has 1 aliphatic carbocycles. The summed E-state index contributed by atoms with van der Waals surface area (Å²) in [6, 6.07) is 13.6. The molecule has 1 heterocycles. The third-order valence-electron chi connectivity index (χ3n) is 8.17. The lowest BCUT2D eigenvalue weighted by Gasteiger charge is -2.29. The molecule has 3 N–H and O–H groups in total. The van der Waals surface area contributed by atoms with Gasteiger partial charge in [0, 0.05) is 5.69 Å². The first-order valence-corrected chi connectivity index (χ1v) is 14.8. The number of fused-ring (bicyclic) bond motifs is 1. The lowest BCUT2D eigenvalue weighted by atomic mass is 9.83. The van der Waals surface area contributed by atoms with E-state index in [2.05, 4.69) is 16.0 Å². The summed E-state index contributed by atoms with van der Waals surface area (Å²) in [7, 11) is 1.33. The highest BCUT2D eigenvalue weighted by atomic mass is 16.6. The Bertz CT molecular complexity index is 1510. The number of methoxy groups -OCH3 is 1. The van der Waals surface area contributed by atoms with E-state index in [4.69, 9.17) is 14.2 Å². The third kappa shape index (κ3) is 6.93. The summed E-state index contributed by atoms with van der Waals surface area (Å²) < 4.78 is 16.5. The summed E-state index contributed by atoms with van der Waals surface area (Å²) in [5.41, 5.74) is 5.82. The standard InChI is InChI=1S/C34H39N3O6/c1-20-16-21(2)30(22(3)17-20)37-34(40)35-27-18-24(25-11-13-28-29(19-25)43-15-14-42-28)10-12-26(27)32(38)36-31(33(39)41-4)23-8-6-5-7-9-23/h10-13,16-19,23,31H,5-9,14-15H2,1-4H3,(H,36,38)(H2,35,37,40)/t31-/m0/s1. The molecule has 9 nitrogen and oxygen atoms in total. The van der Waals surface area contributed by atoms with Gasteiger partial charge in [-0.25, -0.2) is 9.59 Å². The maximum absolute atomic E-state index is 13.7. The Balaban J connectivity index is 1.47. The number of anilines is 2. The Morgan fingerprint density at radius 3 is 2.16 bits per heavy atom. The minimum atomic E-state index is -0.769. The Kier molecular flexibility index (Phi) is 9.19. The molecule has 1 fully saturated rings. The molecule has 1 saturated carbocycles. The fourth-order valence-corrected chi connectivity index (χ4v) is 6.08. The van der Waals surface area contributed by atoms with Crippen molar-refractivity contribution in [1.29, 1.82) is 0 Å². The molecule has 1 aliphatic heterocycles. The summed E-state index contributed by atoms with van der Waals surface area (Å²) in [6.45, 7) is 6.84. The molecule has 0 aromatic heterocycles. The van der Waals surface area contributed by atoms with Crippen molar-refractivity contribution >= 4 is 29.3 Å². The van der Waals surface area contributed by atoms with Crippen LogP contribution in [0, 0.1) is 26.7 Å². The van der Waals surface area contributed by atoms with Crippen molar-refractivity contribution in [3.05, 3.63) is 70.8 Å². The van der Waals surface area contributed by atoms with Crippen LogP contribution in [0.2, 0.25) is 0 Å². The van der Waals surface area contributed by atoms with E-state index in [1.807, 2.05) is 57.2 Å². The van der Waals surface area contributed by atoms with Gasteiger partial charge in [0.25, 0.3) is 5.91 Å². The number of hydrogen-bond donors (Lipinski definition) is 3. The quantitative estimate of drug-likeness (QED) is 0.271. The number of rotatable bonds is 7. The van der Waals surface area contributed by atoms with Gasteiger partial charge in [0.15, 0.2) is 11.5 Å². The van der Waals surface area contributed by atoms with Gasteiger partial charge in [0.2, 0.25) is 0 Å². The van der Waals surface area contributed by atoms with E-state index in [9.17, 15) is 14.4 Å². The molecule has 226 valence electrons. The van der Waals surface area contributed by atoms with Crippen LogP contribution in [0.5, 0.6) is 11.5 Å². The molecule has 9 heteroatoms. The van der Waals surface area contributed by atoms with Gasteiger partial charge in [0.05, 0.1) is 18.4 Å². The van der Waals surface area contributed by atoms with Gasteiger partial charge in [-0.2, -0.15) is 0 Å². The zero-order valence-electron chi connectivity index (χ0n) is 25.2. The number of nitrogens with one attached hydrogen (secondary N) is 3. The van der Waals surface area contributed by atoms with Crippen LogP contribution in [0.15, 0.2) is 48.5 Å². The van der Waals surface area contributed by atoms with E-state index in [-0.39, 0.29) is 11.5 Å². The number of amides is 3. The monoisotopic (exact) mass is 585 g/mol. The molecule has 0 radical (unpaired) electrons. The van der Waals surface area contributed by atoms with E-state index < -0.39 is 23.9 Å². The molecule has 3 aromatic carbocycles. The van der Waals surface area contributed by atoms with E-state index in [0.717, 1.165) is 59.9 Å². The van der Waals surface area contributed by atoms with E-state index in [0.29, 0.717) is 36.1 Å². The van der Waals surface area contributed by atoms with Gasteiger partial charge in [-0.3, -0.25) is 4.79 Å². The maximum atomic E-state index is 13.7. The second kappa shape index (κ2) is 13.2. The molecule has 5 rings (SSSR count). The lowest BCUT2D eigenvalue weighted by Crippen LogP contribution is -2.47. The molecule has 0 unspecified atom stereocenters. The van der Waals surface area contributed by atoms with Crippen molar-refractivity contribution in [3.8, 4) is 22.6 Å². The highest BCUT2D eigenvalue weighted by Crippen LogP contribution is 2.36.